The van der Waals surface area contributed by atoms with E-state index in [2.05, 4.69) is 5.32 Å². The van der Waals surface area contributed by atoms with Crippen molar-refractivity contribution in [1.29, 1.82) is 0 Å². The summed E-state index contributed by atoms with van der Waals surface area (Å²) < 4.78 is 10.9. The maximum absolute atomic E-state index is 11.5. The fourth-order valence-corrected chi connectivity index (χ4v) is 1.70. The van der Waals surface area contributed by atoms with Gasteiger partial charge in [0.25, 0.3) is 0 Å². The number of benzene rings is 1. The Hall–Kier alpha value is -1.97. The Labute approximate surface area is 100 Å². The van der Waals surface area contributed by atoms with Gasteiger partial charge >= 0.3 is 0 Å². The maximum Gasteiger partial charge on any atom is 0.250 e. The highest BCUT2D eigenvalue weighted by Gasteiger charge is 2.16. The van der Waals surface area contributed by atoms with Gasteiger partial charge in [-0.3, -0.25) is 4.79 Å². The smallest absolute Gasteiger partial charge is 0.250 e. The average Bonchev–Trinajstić information content (AvgIpc) is 2.37. The monoisotopic (exact) mass is 233 g/mol. The minimum absolute atomic E-state index is 0.113. The number of ether oxygens (including phenoxy) is 2. The Balaban J connectivity index is 2.31. The van der Waals surface area contributed by atoms with Gasteiger partial charge in [0.2, 0.25) is 5.91 Å². The van der Waals surface area contributed by atoms with E-state index in [9.17, 15) is 4.79 Å². The minimum atomic E-state index is -0.113. The van der Waals surface area contributed by atoms with Crippen molar-refractivity contribution >= 4 is 12.0 Å². The highest BCUT2D eigenvalue weighted by molar-refractivity contribution is 5.99. The van der Waals surface area contributed by atoms with E-state index in [-0.39, 0.29) is 5.91 Å². The molecule has 1 aliphatic heterocycles. The van der Waals surface area contributed by atoms with Crippen LogP contribution in [-0.4, -0.2) is 26.2 Å². The van der Waals surface area contributed by atoms with Crippen molar-refractivity contribution in [3.05, 3.63) is 29.3 Å². The number of hydrogen-bond acceptors (Lipinski definition) is 3. The van der Waals surface area contributed by atoms with Gasteiger partial charge in [-0.05, 0) is 31.2 Å². The molecule has 0 aromatic heterocycles. The molecule has 4 nitrogen and oxygen atoms in total. The molecule has 0 saturated heterocycles. The minimum Gasteiger partial charge on any atom is -0.494 e. The van der Waals surface area contributed by atoms with Crippen LogP contribution >= 0.6 is 0 Å². The SMILES string of the molecule is CCOc1ccc2c(c1)C=C(C(=O)NC)CO2. The molecule has 1 aliphatic rings. The highest BCUT2D eigenvalue weighted by atomic mass is 16.5. The second kappa shape index (κ2) is 4.91. The van der Waals surface area contributed by atoms with E-state index in [0.717, 1.165) is 17.1 Å². The Morgan fingerprint density at radius 1 is 1.53 bits per heavy atom. The van der Waals surface area contributed by atoms with Crippen LogP contribution in [0.3, 0.4) is 0 Å². The molecule has 1 aromatic carbocycles. The Morgan fingerprint density at radius 2 is 2.35 bits per heavy atom. The molecule has 1 N–H and O–H groups in total. The van der Waals surface area contributed by atoms with E-state index in [1.165, 1.54) is 0 Å². The quantitative estimate of drug-likeness (QED) is 0.862. The van der Waals surface area contributed by atoms with Gasteiger partial charge in [-0.2, -0.15) is 0 Å². The first-order chi connectivity index (χ1) is 8.24. The molecule has 0 fully saturated rings. The summed E-state index contributed by atoms with van der Waals surface area (Å²) in [7, 11) is 1.61. The number of carbonyl (C=O) groups excluding carboxylic acids is 1. The van der Waals surface area contributed by atoms with Gasteiger partial charge in [-0.25, -0.2) is 0 Å². The van der Waals surface area contributed by atoms with Crippen molar-refractivity contribution in [2.45, 2.75) is 6.92 Å². The lowest BCUT2D eigenvalue weighted by molar-refractivity contribution is -0.117. The van der Waals surface area contributed by atoms with E-state index in [1.54, 1.807) is 7.05 Å². The molecule has 0 radical (unpaired) electrons. The van der Waals surface area contributed by atoms with E-state index >= 15 is 0 Å². The molecule has 4 heteroatoms. The van der Waals surface area contributed by atoms with Gasteiger partial charge in [0.1, 0.15) is 18.1 Å². The van der Waals surface area contributed by atoms with Gasteiger partial charge < -0.3 is 14.8 Å². The van der Waals surface area contributed by atoms with Crippen LogP contribution in [0.15, 0.2) is 23.8 Å². The average molecular weight is 233 g/mol. The molecule has 0 bridgehead atoms. The van der Waals surface area contributed by atoms with Crippen molar-refractivity contribution in [1.82, 2.24) is 5.32 Å². The van der Waals surface area contributed by atoms with Crippen LogP contribution in [0.2, 0.25) is 0 Å². The molecular weight excluding hydrogens is 218 g/mol. The molecular formula is C13H15NO3. The van der Waals surface area contributed by atoms with E-state index in [0.29, 0.717) is 18.8 Å². The molecule has 1 aromatic rings. The van der Waals surface area contributed by atoms with Crippen LogP contribution in [-0.2, 0) is 4.79 Å². The first-order valence-electron chi connectivity index (χ1n) is 5.57. The zero-order valence-electron chi connectivity index (χ0n) is 9.95. The van der Waals surface area contributed by atoms with Gasteiger partial charge in [-0.1, -0.05) is 0 Å². The Bertz CT molecular complexity index is 466. The number of rotatable bonds is 3. The van der Waals surface area contributed by atoms with Crippen LogP contribution < -0.4 is 14.8 Å². The third-order valence-electron chi connectivity index (χ3n) is 2.52. The van der Waals surface area contributed by atoms with Crippen molar-refractivity contribution in [3.8, 4) is 11.5 Å². The molecule has 90 valence electrons. The summed E-state index contributed by atoms with van der Waals surface area (Å²) in [4.78, 5) is 11.5. The lowest BCUT2D eigenvalue weighted by Crippen LogP contribution is -2.25. The third kappa shape index (κ3) is 2.41. The lowest BCUT2D eigenvalue weighted by atomic mass is 10.1. The summed E-state index contributed by atoms with van der Waals surface area (Å²) >= 11 is 0. The van der Waals surface area contributed by atoms with Crippen molar-refractivity contribution in [3.63, 3.8) is 0 Å². The first-order valence-corrected chi connectivity index (χ1v) is 5.57. The van der Waals surface area contributed by atoms with Gasteiger partial charge in [0, 0.05) is 12.6 Å². The molecule has 0 saturated carbocycles. The molecule has 0 atom stereocenters. The second-order valence-electron chi connectivity index (χ2n) is 3.67. The van der Waals surface area contributed by atoms with E-state index < -0.39 is 0 Å². The normalized spacial score (nSPS) is 13.2. The lowest BCUT2D eigenvalue weighted by Gasteiger charge is -2.17. The van der Waals surface area contributed by atoms with Crippen LogP contribution in [0.5, 0.6) is 11.5 Å². The number of carbonyl (C=O) groups is 1. The summed E-state index contributed by atoms with van der Waals surface area (Å²) in [5, 5.41) is 2.59. The first kappa shape index (κ1) is 11.5. The fraction of sp³-hybridized carbons (Fsp3) is 0.308. The van der Waals surface area contributed by atoms with Crippen molar-refractivity contribution < 1.29 is 14.3 Å². The van der Waals surface area contributed by atoms with Gasteiger partial charge in [0.15, 0.2) is 0 Å². The maximum atomic E-state index is 11.5. The Kier molecular flexibility index (Phi) is 3.32. The fourth-order valence-electron chi connectivity index (χ4n) is 1.70. The predicted molar refractivity (Wildman–Crippen MR) is 65.1 cm³/mol. The van der Waals surface area contributed by atoms with Gasteiger partial charge in [-0.15, -0.1) is 0 Å². The molecule has 1 heterocycles. The summed E-state index contributed by atoms with van der Waals surface area (Å²) in [6, 6.07) is 5.60. The van der Waals surface area contributed by atoms with Crippen LogP contribution in [0.25, 0.3) is 6.08 Å². The standard InChI is InChI=1S/C13H15NO3/c1-3-16-11-4-5-12-9(7-11)6-10(8-17-12)13(15)14-2/h4-7H,3,8H2,1-2H3,(H,14,15). The topological polar surface area (TPSA) is 47.6 Å². The molecule has 1 amide bonds. The van der Waals surface area contributed by atoms with E-state index in [1.807, 2.05) is 31.2 Å². The van der Waals surface area contributed by atoms with Crippen molar-refractivity contribution in [2.24, 2.45) is 0 Å². The van der Waals surface area contributed by atoms with Gasteiger partial charge in [0.05, 0.1) is 12.2 Å². The van der Waals surface area contributed by atoms with Crippen LogP contribution in [0.4, 0.5) is 0 Å². The summed E-state index contributed by atoms with van der Waals surface area (Å²) in [6.07, 6.45) is 1.83. The molecule has 0 unspecified atom stereocenters. The number of nitrogens with one attached hydrogen (secondary N) is 1. The van der Waals surface area contributed by atoms with Crippen LogP contribution in [0.1, 0.15) is 12.5 Å². The Morgan fingerprint density at radius 3 is 3.06 bits per heavy atom. The molecule has 0 spiro atoms. The third-order valence-corrected chi connectivity index (χ3v) is 2.52. The summed E-state index contributed by atoms with van der Waals surface area (Å²) in [6.45, 7) is 2.86. The molecule has 17 heavy (non-hydrogen) atoms. The summed E-state index contributed by atoms with van der Waals surface area (Å²) in [5.41, 5.74) is 1.49. The number of fused-ring (bicyclic) bond motifs is 1. The molecule has 2 rings (SSSR count). The number of hydrogen-bond donors (Lipinski definition) is 1. The zero-order valence-corrected chi connectivity index (χ0v) is 9.95. The second-order valence-corrected chi connectivity index (χ2v) is 3.67. The largest absolute Gasteiger partial charge is 0.494 e. The predicted octanol–water partition coefficient (Wildman–Crippen LogP) is 1.61. The number of amides is 1. The van der Waals surface area contributed by atoms with E-state index in [4.69, 9.17) is 9.47 Å². The highest BCUT2D eigenvalue weighted by Crippen LogP contribution is 2.29. The summed E-state index contributed by atoms with van der Waals surface area (Å²) in [5.74, 6) is 1.45. The zero-order chi connectivity index (χ0) is 12.3. The number of likely N-dealkylation sites (N-methyl/N-ethyl adjacent to an activating group) is 1. The molecule has 0 aliphatic carbocycles. The van der Waals surface area contributed by atoms with Crippen molar-refractivity contribution in [2.75, 3.05) is 20.3 Å². The van der Waals surface area contributed by atoms with Crippen LogP contribution in [0, 0.1) is 0 Å².